The van der Waals surface area contributed by atoms with E-state index in [9.17, 15) is 0 Å². The van der Waals surface area contributed by atoms with E-state index >= 15 is 0 Å². The molecule has 1 unspecified atom stereocenters. The lowest BCUT2D eigenvalue weighted by Gasteiger charge is -2.15. The highest BCUT2D eigenvalue weighted by Gasteiger charge is 2.06. The highest BCUT2D eigenvalue weighted by atomic mass is 79.9. The van der Waals surface area contributed by atoms with Crippen LogP contribution < -0.4 is 10.6 Å². The lowest BCUT2D eigenvalue weighted by Crippen LogP contribution is -2.30. The van der Waals surface area contributed by atoms with E-state index in [0.29, 0.717) is 13.2 Å². The molecule has 0 aliphatic carbocycles. The van der Waals surface area contributed by atoms with E-state index in [-0.39, 0.29) is 6.10 Å². The molecule has 7 nitrogen and oxygen atoms in total. The number of likely N-dealkylation sites (N-methyl/N-ethyl adjacent to an activating group) is 1. The van der Waals surface area contributed by atoms with Crippen molar-refractivity contribution in [3.63, 3.8) is 0 Å². The molecule has 1 heterocycles. The maximum absolute atomic E-state index is 5.55. The largest absolute Gasteiger partial charge is 0.501 e. The second-order valence-electron chi connectivity index (χ2n) is 6.76. The van der Waals surface area contributed by atoms with E-state index in [1.807, 2.05) is 46.2 Å². The Morgan fingerprint density at radius 1 is 1.28 bits per heavy atom. The average Bonchev–Trinajstić information content (AvgIpc) is 2.80. The monoisotopic (exact) mass is 506 g/mol. The molecule has 32 heavy (non-hydrogen) atoms. The number of benzene rings is 1. The van der Waals surface area contributed by atoms with Gasteiger partial charge in [-0.1, -0.05) is 22.0 Å². The van der Waals surface area contributed by atoms with Gasteiger partial charge in [0.25, 0.3) is 0 Å². The Bertz CT molecular complexity index is 853. The third-order valence-electron chi connectivity index (χ3n) is 4.43. The van der Waals surface area contributed by atoms with Crippen molar-refractivity contribution >= 4 is 33.8 Å². The number of aromatic nitrogens is 2. The van der Waals surface area contributed by atoms with Gasteiger partial charge in [0.2, 0.25) is 0 Å². The van der Waals surface area contributed by atoms with Gasteiger partial charge in [-0.05, 0) is 57.7 Å². The Kier molecular flexibility index (Phi) is 14.0. The van der Waals surface area contributed by atoms with Gasteiger partial charge in [-0.3, -0.25) is 0 Å². The fourth-order valence-electron chi connectivity index (χ4n) is 2.66. The van der Waals surface area contributed by atoms with Crippen LogP contribution in [0.25, 0.3) is 12.2 Å². The third kappa shape index (κ3) is 10.3. The molecule has 0 amide bonds. The summed E-state index contributed by atoms with van der Waals surface area (Å²) in [6, 6.07) is 6.11. The first-order valence-electron chi connectivity index (χ1n) is 10.5. The normalized spacial score (nSPS) is 12.2. The molecular weight excluding hydrogens is 472 g/mol. The van der Waals surface area contributed by atoms with E-state index < -0.39 is 0 Å². The highest BCUT2D eigenvalue weighted by molar-refractivity contribution is 9.10. The first-order valence-corrected chi connectivity index (χ1v) is 11.3. The molecule has 2 rings (SSSR count). The number of anilines is 1. The molecule has 0 bridgehead atoms. The zero-order chi connectivity index (χ0) is 23.8. The third-order valence-corrected chi connectivity index (χ3v) is 5.29. The lowest BCUT2D eigenvalue weighted by molar-refractivity contribution is 0.0171. The summed E-state index contributed by atoms with van der Waals surface area (Å²) in [6.45, 7) is 7.82. The van der Waals surface area contributed by atoms with Gasteiger partial charge in [0.15, 0.2) is 0 Å². The van der Waals surface area contributed by atoms with Gasteiger partial charge in [0.1, 0.15) is 19.0 Å². The molecular formula is C24H35BrN4O3. The van der Waals surface area contributed by atoms with Crippen LogP contribution in [0.4, 0.5) is 5.69 Å². The summed E-state index contributed by atoms with van der Waals surface area (Å²) in [5, 5.41) is 6.18. The number of hydrogen-bond donors (Lipinski definition) is 2. The van der Waals surface area contributed by atoms with Crippen LogP contribution in [0.15, 0.2) is 47.2 Å². The van der Waals surface area contributed by atoms with E-state index in [4.69, 9.17) is 14.2 Å². The summed E-state index contributed by atoms with van der Waals surface area (Å²) >= 11 is 3.45. The zero-order valence-corrected chi connectivity index (χ0v) is 21.4. The van der Waals surface area contributed by atoms with Crippen LogP contribution in [-0.2, 0) is 14.2 Å². The van der Waals surface area contributed by atoms with Crippen molar-refractivity contribution in [1.29, 1.82) is 0 Å². The standard InChI is InChI=1S/C16H25N3O3.C8H10BrN/c1-5-22-15(10-17-3)11-21-7-6-16-14(8-13(2)20-4)9-18-12-19-16;1-6-7(9)4-3-5-8(6)10-2/h6-9,12,15,17H,5,10-11H2,1-4H3;3-5,10H,1-2H3/b7-6+,13-8+;. The number of halogens is 1. The molecule has 2 N–H and O–H groups in total. The Balaban J connectivity index is 0.000000425. The number of allylic oxidation sites excluding steroid dienone is 1. The fraction of sp³-hybridized carbons (Fsp3) is 0.417. The highest BCUT2D eigenvalue weighted by Crippen LogP contribution is 2.22. The van der Waals surface area contributed by atoms with E-state index in [1.165, 1.54) is 17.6 Å². The predicted molar refractivity (Wildman–Crippen MR) is 135 cm³/mol. The van der Waals surface area contributed by atoms with E-state index in [0.717, 1.165) is 28.0 Å². The molecule has 0 radical (unpaired) electrons. The van der Waals surface area contributed by atoms with Gasteiger partial charge in [0.05, 0.1) is 24.8 Å². The quantitative estimate of drug-likeness (QED) is 0.419. The molecule has 1 aromatic heterocycles. The average molecular weight is 507 g/mol. The Labute approximate surface area is 200 Å². The van der Waals surface area contributed by atoms with Crippen LogP contribution in [0, 0.1) is 6.92 Å². The molecule has 0 aliphatic rings. The molecule has 0 fully saturated rings. The van der Waals surface area contributed by atoms with Crippen molar-refractivity contribution in [1.82, 2.24) is 15.3 Å². The van der Waals surface area contributed by atoms with Gasteiger partial charge in [0, 0.05) is 42.1 Å². The molecule has 8 heteroatoms. The van der Waals surface area contributed by atoms with Crippen LogP contribution in [0.3, 0.4) is 0 Å². The van der Waals surface area contributed by atoms with Gasteiger partial charge < -0.3 is 24.8 Å². The maximum Gasteiger partial charge on any atom is 0.116 e. The predicted octanol–water partition coefficient (Wildman–Crippen LogP) is 4.89. The van der Waals surface area contributed by atoms with E-state index in [2.05, 4.69) is 49.5 Å². The summed E-state index contributed by atoms with van der Waals surface area (Å²) in [5.41, 5.74) is 4.07. The van der Waals surface area contributed by atoms with Crippen LogP contribution in [0.2, 0.25) is 0 Å². The SMILES string of the molecule is CCOC(CNC)CO/C=C/c1ncncc1/C=C(\C)OC.CNc1cccc(Br)c1C. The van der Waals surface area contributed by atoms with Crippen molar-refractivity contribution in [2.75, 3.05) is 46.3 Å². The number of nitrogens with one attached hydrogen (secondary N) is 2. The molecule has 0 spiro atoms. The molecule has 1 atom stereocenters. The minimum absolute atomic E-state index is 0.0279. The molecule has 0 saturated heterocycles. The summed E-state index contributed by atoms with van der Waals surface area (Å²) in [6.07, 6.45) is 8.58. The zero-order valence-electron chi connectivity index (χ0n) is 19.8. The first kappa shape index (κ1) is 27.6. The number of methoxy groups -OCH3 is 1. The molecule has 0 saturated carbocycles. The number of hydrogen-bond acceptors (Lipinski definition) is 7. The summed E-state index contributed by atoms with van der Waals surface area (Å²) < 4.78 is 17.4. The topological polar surface area (TPSA) is 77.5 Å². The summed E-state index contributed by atoms with van der Waals surface area (Å²) in [4.78, 5) is 8.26. The Morgan fingerprint density at radius 3 is 2.69 bits per heavy atom. The van der Waals surface area contributed by atoms with Gasteiger partial charge in [-0.15, -0.1) is 0 Å². The van der Waals surface area contributed by atoms with Crippen molar-refractivity contribution < 1.29 is 14.2 Å². The fourth-order valence-corrected chi connectivity index (χ4v) is 3.03. The van der Waals surface area contributed by atoms with Crippen molar-refractivity contribution in [2.24, 2.45) is 0 Å². The molecule has 176 valence electrons. The van der Waals surface area contributed by atoms with Crippen LogP contribution in [0.1, 0.15) is 30.7 Å². The van der Waals surface area contributed by atoms with Crippen molar-refractivity contribution in [2.45, 2.75) is 26.9 Å². The van der Waals surface area contributed by atoms with Gasteiger partial charge in [-0.2, -0.15) is 0 Å². The Morgan fingerprint density at radius 2 is 2.06 bits per heavy atom. The molecule has 0 aliphatic heterocycles. The molecule has 1 aromatic carbocycles. The minimum Gasteiger partial charge on any atom is -0.501 e. The van der Waals surface area contributed by atoms with Crippen LogP contribution >= 0.6 is 15.9 Å². The van der Waals surface area contributed by atoms with Crippen LogP contribution in [0.5, 0.6) is 0 Å². The summed E-state index contributed by atoms with van der Waals surface area (Å²) in [7, 11) is 5.44. The summed E-state index contributed by atoms with van der Waals surface area (Å²) in [5.74, 6) is 0.788. The van der Waals surface area contributed by atoms with Crippen molar-refractivity contribution in [3.8, 4) is 0 Å². The Hall–Kier alpha value is -2.42. The molecule has 2 aromatic rings. The second kappa shape index (κ2) is 16.2. The number of rotatable bonds is 11. The maximum atomic E-state index is 5.55. The van der Waals surface area contributed by atoms with Crippen molar-refractivity contribution in [3.05, 3.63) is 64.0 Å². The number of ether oxygens (including phenoxy) is 3. The van der Waals surface area contributed by atoms with Gasteiger partial charge in [-0.25, -0.2) is 9.97 Å². The van der Waals surface area contributed by atoms with E-state index in [1.54, 1.807) is 25.6 Å². The second-order valence-corrected chi connectivity index (χ2v) is 7.61. The van der Waals surface area contributed by atoms with Gasteiger partial charge >= 0.3 is 0 Å². The number of nitrogens with zero attached hydrogens (tertiary/aromatic N) is 2. The van der Waals surface area contributed by atoms with Crippen LogP contribution in [-0.4, -0.2) is 57.0 Å². The minimum atomic E-state index is 0.0279. The smallest absolute Gasteiger partial charge is 0.116 e. The lowest BCUT2D eigenvalue weighted by atomic mass is 10.2. The first-order chi connectivity index (χ1) is 15.5.